The molecule has 2 N–H and O–H groups in total. The third-order valence-corrected chi connectivity index (χ3v) is 1.90. The first-order valence-corrected chi connectivity index (χ1v) is 5.09. The van der Waals surface area contributed by atoms with Crippen molar-refractivity contribution >= 4 is 17.3 Å². The molecular weight excluding hydrogens is 196 g/mol. The summed E-state index contributed by atoms with van der Waals surface area (Å²) in [5, 5.41) is 6.95. The van der Waals surface area contributed by atoms with Crippen LogP contribution in [-0.2, 0) is 6.54 Å². The first kappa shape index (κ1) is 11.0. The maximum absolute atomic E-state index is 5.08. The molecule has 0 fully saturated rings. The second kappa shape index (κ2) is 5.59. The van der Waals surface area contributed by atoms with E-state index in [1.165, 1.54) is 0 Å². The molecule has 4 nitrogen and oxygen atoms in total. The standard InChI is InChI=1S/C9H16N4S/c1-8(2)12-9(14)11-4-6-13-5-3-10-7-13/h3,5,7-8H,4,6H2,1-2H3,(H2,11,12,14). The fourth-order valence-electron chi connectivity index (χ4n) is 1.03. The van der Waals surface area contributed by atoms with Gasteiger partial charge in [0.05, 0.1) is 6.33 Å². The van der Waals surface area contributed by atoms with E-state index in [-0.39, 0.29) is 0 Å². The molecule has 1 aromatic rings. The predicted octanol–water partition coefficient (Wildman–Crippen LogP) is 0.756. The quantitative estimate of drug-likeness (QED) is 0.723. The van der Waals surface area contributed by atoms with Gasteiger partial charge in [0.1, 0.15) is 0 Å². The summed E-state index contributed by atoms with van der Waals surface area (Å²) in [5.41, 5.74) is 0. The van der Waals surface area contributed by atoms with Crippen LogP contribution in [0, 0.1) is 0 Å². The zero-order valence-corrected chi connectivity index (χ0v) is 9.34. The molecule has 1 heterocycles. The first-order valence-electron chi connectivity index (χ1n) is 4.68. The summed E-state index contributed by atoms with van der Waals surface area (Å²) in [4.78, 5) is 3.96. The Balaban J connectivity index is 2.12. The summed E-state index contributed by atoms with van der Waals surface area (Å²) < 4.78 is 2.00. The van der Waals surface area contributed by atoms with Crippen LogP contribution in [0.5, 0.6) is 0 Å². The van der Waals surface area contributed by atoms with Gasteiger partial charge >= 0.3 is 0 Å². The van der Waals surface area contributed by atoms with E-state index < -0.39 is 0 Å². The Morgan fingerprint density at radius 2 is 2.36 bits per heavy atom. The highest BCUT2D eigenvalue weighted by atomic mass is 32.1. The molecule has 1 aromatic heterocycles. The molecule has 0 amide bonds. The normalized spacial score (nSPS) is 10.2. The summed E-state index contributed by atoms with van der Waals surface area (Å²) in [7, 11) is 0. The van der Waals surface area contributed by atoms with Gasteiger partial charge in [-0.15, -0.1) is 0 Å². The number of rotatable bonds is 4. The zero-order valence-electron chi connectivity index (χ0n) is 8.53. The largest absolute Gasteiger partial charge is 0.361 e. The molecule has 0 unspecified atom stereocenters. The van der Waals surface area contributed by atoms with E-state index in [0.29, 0.717) is 11.2 Å². The Bertz CT molecular complexity index is 268. The van der Waals surface area contributed by atoms with E-state index in [1.54, 1.807) is 12.5 Å². The minimum atomic E-state index is 0.378. The number of nitrogens with zero attached hydrogens (tertiary/aromatic N) is 2. The molecule has 0 aromatic carbocycles. The lowest BCUT2D eigenvalue weighted by atomic mass is 10.4. The minimum absolute atomic E-state index is 0.378. The van der Waals surface area contributed by atoms with Crippen LogP contribution in [-0.4, -0.2) is 27.3 Å². The van der Waals surface area contributed by atoms with E-state index in [2.05, 4.69) is 29.5 Å². The summed E-state index contributed by atoms with van der Waals surface area (Å²) >= 11 is 5.08. The summed E-state index contributed by atoms with van der Waals surface area (Å²) in [6, 6.07) is 0.378. The molecule has 5 heteroatoms. The van der Waals surface area contributed by atoms with Gasteiger partial charge < -0.3 is 15.2 Å². The fraction of sp³-hybridized carbons (Fsp3) is 0.556. The Labute approximate surface area is 89.7 Å². The minimum Gasteiger partial charge on any atom is -0.361 e. The molecule has 0 saturated carbocycles. The van der Waals surface area contributed by atoms with Crippen molar-refractivity contribution in [1.29, 1.82) is 0 Å². The molecule has 0 aliphatic carbocycles. The monoisotopic (exact) mass is 212 g/mol. The van der Waals surface area contributed by atoms with Crippen LogP contribution in [0.4, 0.5) is 0 Å². The number of hydrogen-bond acceptors (Lipinski definition) is 2. The van der Waals surface area contributed by atoms with E-state index >= 15 is 0 Å². The lowest BCUT2D eigenvalue weighted by Crippen LogP contribution is -2.40. The molecule has 0 bridgehead atoms. The van der Waals surface area contributed by atoms with Gasteiger partial charge in [-0.2, -0.15) is 0 Å². The van der Waals surface area contributed by atoms with Gasteiger partial charge in [0.15, 0.2) is 5.11 Å². The maximum atomic E-state index is 5.08. The Hall–Kier alpha value is -1.10. The van der Waals surface area contributed by atoms with Gasteiger partial charge in [0, 0.05) is 31.5 Å². The smallest absolute Gasteiger partial charge is 0.166 e. The van der Waals surface area contributed by atoms with Crippen LogP contribution in [0.1, 0.15) is 13.8 Å². The predicted molar refractivity (Wildman–Crippen MR) is 61.1 cm³/mol. The van der Waals surface area contributed by atoms with Gasteiger partial charge in [0.2, 0.25) is 0 Å². The van der Waals surface area contributed by atoms with Crippen LogP contribution in [0.2, 0.25) is 0 Å². The van der Waals surface area contributed by atoms with E-state index in [4.69, 9.17) is 12.2 Å². The summed E-state index contributed by atoms with van der Waals surface area (Å²) in [5.74, 6) is 0. The number of hydrogen-bond donors (Lipinski definition) is 2. The van der Waals surface area contributed by atoms with Crippen molar-refractivity contribution in [1.82, 2.24) is 20.2 Å². The molecule has 0 aliphatic rings. The highest BCUT2D eigenvalue weighted by Gasteiger charge is 1.96. The van der Waals surface area contributed by atoms with Crippen molar-refractivity contribution in [3.8, 4) is 0 Å². The molecule has 78 valence electrons. The molecule has 0 aliphatic heterocycles. The van der Waals surface area contributed by atoms with Gasteiger partial charge in [-0.1, -0.05) is 0 Å². The molecule has 14 heavy (non-hydrogen) atoms. The van der Waals surface area contributed by atoms with Crippen molar-refractivity contribution in [2.45, 2.75) is 26.4 Å². The molecule has 0 atom stereocenters. The average molecular weight is 212 g/mol. The van der Waals surface area contributed by atoms with Gasteiger partial charge in [-0.25, -0.2) is 4.98 Å². The Kier molecular flexibility index (Phi) is 4.39. The summed E-state index contributed by atoms with van der Waals surface area (Å²) in [6.45, 7) is 5.81. The van der Waals surface area contributed by atoms with Gasteiger partial charge in [0.25, 0.3) is 0 Å². The van der Waals surface area contributed by atoms with Crippen molar-refractivity contribution in [2.75, 3.05) is 6.54 Å². The van der Waals surface area contributed by atoms with Gasteiger partial charge in [-0.05, 0) is 26.1 Å². The van der Waals surface area contributed by atoms with E-state index in [1.807, 2.05) is 10.8 Å². The SMILES string of the molecule is CC(C)NC(=S)NCCn1ccnc1. The number of thiocarbonyl (C=S) groups is 1. The number of aromatic nitrogens is 2. The second-order valence-electron chi connectivity index (χ2n) is 3.36. The third kappa shape index (κ3) is 4.23. The van der Waals surface area contributed by atoms with E-state index in [9.17, 15) is 0 Å². The van der Waals surface area contributed by atoms with Gasteiger partial charge in [-0.3, -0.25) is 0 Å². The number of imidazole rings is 1. The fourth-order valence-corrected chi connectivity index (χ4v) is 1.37. The lowest BCUT2D eigenvalue weighted by Gasteiger charge is -2.12. The first-order chi connectivity index (χ1) is 6.68. The Morgan fingerprint density at radius 3 is 2.93 bits per heavy atom. The third-order valence-electron chi connectivity index (χ3n) is 1.63. The Morgan fingerprint density at radius 1 is 1.57 bits per heavy atom. The zero-order chi connectivity index (χ0) is 10.4. The van der Waals surface area contributed by atoms with Crippen molar-refractivity contribution in [3.05, 3.63) is 18.7 Å². The van der Waals surface area contributed by atoms with Crippen LogP contribution in [0.15, 0.2) is 18.7 Å². The highest BCUT2D eigenvalue weighted by molar-refractivity contribution is 7.80. The molecule has 1 rings (SSSR count). The van der Waals surface area contributed by atoms with Crippen molar-refractivity contribution < 1.29 is 0 Å². The lowest BCUT2D eigenvalue weighted by molar-refractivity contribution is 0.653. The van der Waals surface area contributed by atoms with Crippen molar-refractivity contribution in [3.63, 3.8) is 0 Å². The van der Waals surface area contributed by atoms with E-state index in [0.717, 1.165) is 13.1 Å². The molecule has 0 radical (unpaired) electrons. The second-order valence-corrected chi connectivity index (χ2v) is 3.76. The maximum Gasteiger partial charge on any atom is 0.166 e. The van der Waals surface area contributed by atoms with Crippen LogP contribution in [0.25, 0.3) is 0 Å². The number of nitrogens with one attached hydrogen (secondary N) is 2. The highest BCUT2D eigenvalue weighted by Crippen LogP contribution is 1.84. The van der Waals surface area contributed by atoms with Crippen LogP contribution >= 0.6 is 12.2 Å². The van der Waals surface area contributed by atoms with Crippen LogP contribution < -0.4 is 10.6 Å². The van der Waals surface area contributed by atoms with Crippen LogP contribution in [0.3, 0.4) is 0 Å². The molecular formula is C9H16N4S. The topological polar surface area (TPSA) is 41.9 Å². The van der Waals surface area contributed by atoms with Crippen molar-refractivity contribution in [2.24, 2.45) is 0 Å². The molecule has 0 saturated heterocycles. The molecule has 0 spiro atoms. The summed E-state index contributed by atoms with van der Waals surface area (Å²) in [6.07, 6.45) is 5.49. The average Bonchev–Trinajstić information content (AvgIpc) is 2.55.